The molecule has 0 amide bonds. The highest BCUT2D eigenvalue weighted by molar-refractivity contribution is 5.78. The maximum absolute atomic E-state index is 13.5. The lowest BCUT2D eigenvalue weighted by Gasteiger charge is -2.31. The summed E-state index contributed by atoms with van der Waals surface area (Å²) < 4.78 is 3.12. The predicted molar refractivity (Wildman–Crippen MR) is 126 cm³/mol. The van der Waals surface area contributed by atoms with Crippen molar-refractivity contribution in [3.63, 3.8) is 0 Å². The molecule has 0 aliphatic carbocycles. The molecule has 4 aromatic rings. The Morgan fingerprint density at radius 1 is 1.21 bits per heavy atom. The van der Waals surface area contributed by atoms with Crippen LogP contribution in [0.15, 0.2) is 40.1 Å². The van der Waals surface area contributed by atoms with Crippen molar-refractivity contribution >= 4 is 27.9 Å². The van der Waals surface area contributed by atoms with E-state index >= 15 is 0 Å². The number of benzene rings is 1. The number of aromatic amines is 1. The second-order valence-corrected chi connectivity index (χ2v) is 8.14. The van der Waals surface area contributed by atoms with Crippen LogP contribution in [0.3, 0.4) is 0 Å². The maximum atomic E-state index is 13.5. The molecule has 0 bridgehead atoms. The van der Waals surface area contributed by atoms with Crippen molar-refractivity contribution in [2.45, 2.75) is 38.9 Å². The molecule has 1 unspecified atom stereocenters. The summed E-state index contributed by atoms with van der Waals surface area (Å²) in [5.41, 5.74) is 7.10. The van der Waals surface area contributed by atoms with Crippen LogP contribution >= 0.6 is 0 Å². The SMILES string of the molecule is CC#CCn1c(N2CCCC(N)C2)nc2cnn(Cc3nc4ccccc4c(=O)[nH]3)c(=O)c21. The number of nitrogens with zero attached hydrogens (tertiary/aromatic N) is 6. The van der Waals surface area contributed by atoms with Crippen LogP contribution in [0, 0.1) is 11.8 Å². The molecular weight excluding hydrogens is 420 g/mol. The van der Waals surface area contributed by atoms with Gasteiger partial charge in [0.2, 0.25) is 5.95 Å². The number of aromatic nitrogens is 6. The smallest absolute Gasteiger partial charge is 0.293 e. The fourth-order valence-corrected chi connectivity index (χ4v) is 4.28. The lowest BCUT2D eigenvalue weighted by molar-refractivity contribution is 0.496. The van der Waals surface area contributed by atoms with Crippen molar-refractivity contribution in [1.82, 2.24) is 29.3 Å². The number of nitrogens with two attached hydrogens (primary N) is 1. The Balaban J connectivity index is 1.60. The summed E-state index contributed by atoms with van der Waals surface area (Å²) in [7, 11) is 0. The number of para-hydroxylation sites is 1. The molecule has 0 spiro atoms. The topological polar surface area (TPSA) is 128 Å². The van der Waals surface area contributed by atoms with E-state index in [4.69, 9.17) is 10.7 Å². The fourth-order valence-electron chi connectivity index (χ4n) is 4.28. The lowest BCUT2D eigenvalue weighted by Crippen LogP contribution is -2.44. The minimum absolute atomic E-state index is 0.0312. The molecule has 1 aliphatic heterocycles. The van der Waals surface area contributed by atoms with Crippen molar-refractivity contribution in [3.05, 3.63) is 57.0 Å². The van der Waals surface area contributed by atoms with E-state index in [1.807, 2.05) is 10.6 Å². The molecule has 0 saturated carbocycles. The third kappa shape index (κ3) is 3.87. The monoisotopic (exact) mass is 444 g/mol. The Morgan fingerprint density at radius 2 is 2.06 bits per heavy atom. The largest absolute Gasteiger partial charge is 0.341 e. The summed E-state index contributed by atoms with van der Waals surface area (Å²) in [5, 5.41) is 4.79. The maximum Gasteiger partial charge on any atom is 0.293 e. The van der Waals surface area contributed by atoms with Gasteiger partial charge >= 0.3 is 0 Å². The zero-order valence-electron chi connectivity index (χ0n) is 18.3. The van der Waals surface area contributed by atoms with Crippen LogP contribution in [0.2, 0.25) is 0 Å². The Bertz CT molecular complexity index is 1520. The van der Waals surface area contributed by atoms with Crippen LogP contribution in [-0.2, 0) is 13.1 Å². The first-order chi connectivity index (χ1) is 16.0. The molecule has 1 atom stereocenters. The summed E-state index contributed by atoms with van der Waals surface area (Å²) in [5.74, 6) is 6.97. The van der Waals surface area contributed by atoms with E-state index in [9.17, 15) is 9.59 Å². The highest BCUT2D eigenvalue weighted by Gasteiger charge is 2.24. The van der Waals surface area contributed by atoms with Gasteiger partial charge in [-0.3, -0.25) is 14.2 Å². The summed E-state index contributed by atoms with van der Waals surface area (Å²) >= 11 is 0. The Morgan fingerprint density at radius 3 is 2.88 bits per heavy atom. The predicted octanol–water partition coefficient (Wildman–Crippen LogP) is 0.829. The standard InChI is InChI=1S/C23H24N8O2/c1-2-3-11-30-20-18(27-23(30)29-10-6-7-15(24)13-29)12-25-31(22(20)33)14-19-26-17-9-5-4-8-16(17)21(32)28-19/h4-5,8-9,12,15H,6-7,10-11,13-14,24H2,1H3,(H,26,28,32). The first kappa shape index (κ1) is 20.9. The van der Waals surface area contributed by atoms with E-state index in [0.717, 1.165) is 19.4 Å². The van der Waals surface area contributed by atoms with Crippen molar-refractivity contribution in [3.8, 4) is 11.8 Å². The zero-order valence-corrected chi connectivity index (χ0v) is 18.3. The van der Waals surface area contributed by atoms with Gasteiger partial charge < -0.3 is 15.6 Å². The van der Waals surface area contributed by atoms with Crippen molar-refractivity contribution < 1.29 is 0 Å². The molecule has 10 heteroatoms. The van der Waals surface area contributed by atoms with Crippen molar-refractivity contribution in [1.29, 1.82) is 0 Å². The quantitative estimate of drug-likeness (QED) is 0.446. The Labute approximate surface area is 189 Å². The van der Waals surface area contributed by atoms with E-state index in [1.54, 1.807) is 31.3 Å². The van der Waals surface area contributed by atoms with E-state index < -0.39 is 0 Å². The third-order valence-electron chi connectivity index (χ3n) is 5.85. The molecule has 1 aliphatic rings. The molecule has 4 heterocycles. The molecule has 5 rings (SSSR count). The van der Waals surface area contributed by atoms with Crippen LogP contribution in [0.25, 0.3) is 21.9 Å². The van der Waals surface area contributed by atoms with Crippen LogP contribution < -0.4 is 21.8 Å². The molecule has 3 N–H and O–H groups in total. The number of fused-ring (bicyclic) bond motifs is 2. The normalized spacial score (nSPS) is 16.2. The second kappa shape index (κ2) is 8.52. The number of hydrogen-bond acceptors (Lipinski definition) is 7. The van der Waals surface area contributed by atoms with Gasteiger partial charge in [-0.2, -0.15) is 5.10 Å². The molecule has 1 aromatic carbocycles. The van der Waals surface area contributed by atoms with Gasteiger partial charge in [0.25, 0.3) is 11.1 Å². The number of rotatable bonds is 4. The summed E-state index contributed by atoms with van der Waals surface area (Å²) in [6, 6.07) is 7.14. The minimum Gasteiger partial charge on any atom is -0.341 e. The van der Waals surface area contributed by atoms with Crippen LogP contribution in [-0.4, -0.2) is 48.4 Å². The van der Waals surface area contributed by atoms with Crippen LogP contribution in [0.5, 0.6) is 0 Å². The average molecular weight is 444 g/mol. The molecule has 10 nitrogen and oxygen atoms in total. The van der Waals surface area contributed by atoms with Crippen LogP contribution in [0.1, 0.15) is 25.6 Å². The second-order valence-electron chi connectivity index (χ2n) is 8.14. The number of hydrogen-bond donors (Lipinski definition) is 2. The zero-order chi connectivity index (χ0) is 22.9. The molecule has 168 valence electrons. The number of anilines is 1. The van der Waals surface area contributed by atoms with E-state index in [0.29, 0.717) is 46.8 Å². The van der Waals surface area contributed by atoms with Gasteiger partial charge in [-0.15, -0.1) is 5.92 Å². The highest BCUT2D eigenvalue weighted by Crippen LogP contribution is 2.23. The van der Waals surface area contributed by atoms with Gasteiger partial charge in [0.15, 0.2) is 0 Å². The Kier molecular flexibility index (Phi) is 5.40. The number of H-pyrrole nitrogens is 1. The fraction of sp³-hybridized carbons (Fsp3) is 0.348. The molecular formula is C23H24N8O2. The summed E-state index contributed by atoms with van der Waals surface area (Å²) in [6.45, 7) is 3.62. The molecule has 1 saturated heterocycles. The van der Waals surface area contributed by atoms with Crippen LogP contribution in [0.4, 0.5) is 5.95 Å². The summed E-state index contributed by atoms with van der Waals surface area (Å²) in [6.07, 6.45) is 3.50. The van der Waals surface area contributed by atoms with E-state index in [2.05, 4.69) is 31.8 Å². The van der Waals surface area contributed by atoms with Crippen molar-refractivity contribution in [2.24, 2.45) is 5.73 Å². The molecule has 3 aromatic heterocycles. The van der Waals surface area contributed by atoms with Gasteiger partial charge in [-0.25, -0.2) is 14.6 Å². The Hall–Kier alpha value is -3.97. The lowest BCUT2D eigenvalue weighted by atomic mass is 10.1. The van der Waals surface area contributed by atoms with E-state index in [1.165, 1.54) is 4.68 Å². The minimum atomic E-state index is -0.318. The number of imidazole rings is 1. The average Bonchev–Trinajstić information content (AvgIpc) is 3.19. The highest BCUT2D eigenvalue weighted by atomic mass is 16.1. The van der Waals surface area contributed by atoms with Gasteiger partial charge in [0, 0.05) is 19.1 Å². The first-order valence-electron chi connectivity index (χ1n) is 10.9. The van der Waals surface area contributed by atoms with Gasteiger partial charge in [0.1, 0.15) is 23.4 Å². The van der Waals surface area contributed by atoms with Crippen molar-refractivity contribution in [2.75, 3.05) is 18.0 Å². The first-order valence-corrected chi connectivity index (χ1v) is 10.9. The van der Waals surface area contributed by atoms with Gasteiger partial charge in [-0.1, -0.05) is 18.1 Å². The van der Waals surface area contributed by atoms with Gasteiger partial charge in [0.05, 0.1) is 23.6 Å². The number of nitrogens with one attached hydrogen (secondary N) is 1. The summed E-state index contributed by atoms with van der Waals surface area (Å²) in [4.78, 5) is 39.9. The molecule has 33 heavy (non-hydrogen) atoms. The number of piperidine rings is 1. The van der Waals surface area contributed by atoms with Gasteiger partial charge in [-0.05, 0) is 31.9 Å². The molecule has 1 fully saturated rings. The molecule has 0 radical (unpaired) electrons. The third-order valence-corrected chi connectivity index (χ3v) is 5.85. The van der Waals surface area contributed by atoms with E-state index in [-0.39, 0.29) is 23.7 Å².